The van der Waals surface area contributed by atoms with Gasteiger partial charge >= 0.3 is 0 Å². The van der Waals surface area contributed by atoms with E-state index in [-0.39, 0.29) is 24.1 Å². The van der Waals surface area contributed by atoms with Gasteiger partial charge in [0.15, 0.2) is 10.9 Å². The van der Waals surface area contributed by atoms with Crippen molar-refractivity contribution < 1.29 is 9.90 Å². The molecule has 2 fully saturated rings. The second kappa shape index (κ2) is 11.3. The molecular weight excluding hydrogens is 571 g/mol. The molecule has 1 amide bonds. The van der Waals surface area contributed by atoms with Crippen LogP contribution in [0.15, 0.2) is 24.3 Å². The fraction of sp³-hybridized carbons (Fsp3) is 0.483. The molecule has 13 heteroatoms. The van der Waals surface area contributed by atoms with Crippen molar-refractivity contribution in [2.24, 2.45) is 0 Å². The highest BCUT2D eigenvalue weighted by molar-refractivity contribution is 7.20. The van der Waals surface area contributed by atoms with Gasteiger partial charge < -0.3 is 19.8 Å². The van der Waals surface area contributed by atoms with Gasteiger partial charge in [-0.15, -0.1) is 5.10 Å². The number of hydrogen-bond donors (Lipinski definition) is 1. The van der Waals surface area contributed by atoms with E-state index in [1.54, 1.807) is 16.2 Å². The molecule has 0 unspecified atom stereocenters. The molecule has 3 aromatic heterocycles. The maximum Gasteiger partial charge on any atom is 0.236 e. The fourth-order valence-electron chi connectivity index (χ4n) is 5.74. The first-order chi connectivity index (χ1) is 20.2. The zero-order chi connectivity index (χ0) is 29.7. The van der Waals surface area contributed by atoms with Gasteiger partial charge in [-0.2, -0.15) is 9.78 Å². The third-order valence-corrected chi connectivity index (χ3v) is 10.1. The van der Waals surface area contributed by atoms with Crippen LogP contribution in [0.2, 0.25) is 0 Å². The number of amides is 1. The molecule has 1 aromatic carbocycles. The molecule has 220 valence electrons. The minimum absolute atomic E-state index is 0.0761. The summed E-state index contributed by atoms with van der Waals surface area (Å²) in [6, 6.07) is 10.7. The van der Waals surface area contributed by atoms with Gasteiger partial charge in [-0.3, -0.25) is 9.69 Å². The second-order valence-corrected chi connectivity index (χ2v) is 13.2. The van der Waals surface area contributed by atoms with E-state index in [4.69, 9.17) is 15.1 Å². The molecule has 5 heterocycles. The van der Waals surface area contributed by atoms with Crippen LogP contribution in [-0.4, -0.2) is 98.4 Å². The van der Waals surface area contributed by atoms with Crippen LogP contribution in [0, 0.1) is 18.3 Å². The smallest absolute Gasteiger partial charge is 0.236 e. The predicted octanol–water partition coefficient (Wildman–Crippen LogP) is 3.53. The molecule has 0 bridgehead atoms. The summed E-state index contributed by atoms with van der Waals surface area (Å²) in [5.74, 6) is 0.929. The lowest BCUT2D eigenvalue weighted by molar-refractivity contribution is -0.143. The number of aliphatic hydroxyl groups excluding tert-OH is 1. The van der Waals surface area contributed by atoms with E-state index < -0.39 is 0 Å². The fourth-order valence-corrected chi connectivity index (χ4v) is 7.52. The Morgan fingerprint density at radius 1 is 1.12 bits per heavy atom. The summed E-state index contributed by atoms with van der Waals surface area (Å²) in [6.45, 7) is 11.1. The van der Waals surface area contributed by atoms with E-state index in [0.29, 0.717) is 35.3 Å². The van der Waals surface area contributed by atoms with Gasteiger partial charge in [0.25, 0.3) is 0 Å². The van der Waals surface area contributed by atoms with Crippen LogP contribution in [0.25, 0.3) is 16.2 Å². The summed E-state index contributed by atoms with van der Waals surface area (Å²) >= 11 is 2.93. The van der Waals surface area contributed by atoms with Crippen molar-refractivity contribution in [1.29, 1.82) is 5.26 Å². The molecule has 0 spiro atoms. The minimum atomic E-state index is -0.388. The van der Waals surface area contributed by atoms with Crippen molar-refractivity contribution in [3.8, 4) is 17.3 Å². The van der Waals surface area contributed by atoms with Gasteiger partial charge in [-0.1, -0.05) is 59.4 Å². The molecule has 6 rings (SSSR count). The maximum atomic E-state index is 12.7. The van der Waals surface area contributed by atoms with Crippen molar-refractivity contribution in [1.82, 2.24) is 29.4 Å². The molecular formula is C29H35N9O2S2. The quantitative estimate of drug-likeness (QED) is 0.338. The summed E-state index contributed by atoms with van der Waals surface area (Å²) < 4.78 is 1.90. The first-order valence-electron chi connectivity index (χ1n) is 14.2. The summed E-state index contributed by atoms with van der Waals surface area (Å²) in [6.07, 6.45) is 0.349. The van der Waals surface area contributed by atoms with Gasteiger partial charge in [0.1, 0.15) is 16.6 Å². The Bertz CT molecular complexity index is 1640. The second-order valence-electron chi connectivity index (χ2n) is 11.3. The van der Waals surface area contributed by atoms with Gasteiger partial charge in [0, 0.05) is 50.9 Å². The van der Waals surface area contributed by atoms with Crippen LogP contribution in [0.3, 0.4) is 0 Å². The number of hydrogen-bond acceptors (Lipinski definition) is 11. The molecule has 2 atom stereocenters. The highest BCUT2D eigenvalue weighted by atomic mass is 32.1. The van der Waals surface area contributed by atoms with E-state index in [1.165, 1.54) is 11.3 Å². The molecule has 0 aliphatic carbocycles. The summed E-state index contributed by atoms with van der Waals surface area (Å²) in [4.78, 5) is 32.1. The Morgan fingerprint density at radius 2 is 1.81 bits per heavy atom. The zero-order valence-electron chi connectivity index (χ0n) is 24.5. The largest absolute Gasteiger partial charge is 0.389 e. The molecule has 2 saturated heterocycles. The average Bonchev–Trinajstić information content (AvgIpc) is 3.65. The van der Waals surface area contributed by atoms with Gasteiger partial charge in [0.2, 0.25) is 16.0 Å². The number of thiazole rings is 1. The summed E-state index contributed by atoms with van der Waals surface area (Å²) in [7, 11) is 1.96. The highest BCUT2D eigenvalue weighted by Gasteiger charge is 2.36. The molecule has 1 N–H and O–H groups in total. The number of aliphatic hydroxyl groups is 1. The molecule has 2 aliphatic rings. The maximum absolute atomic E-state index is 12.7. The minimum Gasteiger partial charge on any atom is -0.389 e. The lowest BCUT2D eigenvalue weighted by Crippen LogP contribution is -2.61. The number of nitriles is 1. The van der Waals surface area contributed by atoms with E-state index in [2.05, 4.69) is 36.6 Å². The van der Waals surface area contributed by atoms with E-state index in [0.717, 1.165) is 52.2 Å². The Hall–Kier alpha value is -3.57. The van der Waals surface area contributed by atoms with Crippen LogP contribution in [0.1, 0.15) is 36.9 Å². The van der Waals surface area contributed by atoms with Crippen LogP contribution in [-0.2, 0) is 11.2 Å². The topological polar surface area (TPSA) is 117 Å². The number of carbonyl (C=O) groups excluding carboxylic acids is 1. The average molecular weight is 606 g/mol. The Labute approximate surface area is 253 Å². The third kappa shape index (κ3) is 5.13. The Kier molecular flexibility index (Phi) is 7.65. The number of imidazole rings is 1. The number of benzene rings is 1. The van der Waals surface area contributed by atoms with Gasteiger partial charge in [-0.25, -0.2) is 9.97 Å². The molecule has 42 heavy (non-hydrogen) atoms. The third-order valence-electron chi connectivity index (χ3n) is 8.13. The monoisotopic (exact) mass is 605 g/mol. The number of anilines is 3. The summed E-state index contributed by atoms with van der Waals surface area (Å²) in [5.41, 5.74) is 3.69. The Morgan fingerprint density at radius 3 is 2.43 bits per heavy atom. The van der Waals surface area contributed by atoms with Crippen LogP contribution >= 0.6 is 22.7 Å². The number of aromatic nitrogens is 4. The standard InChI is InChI=1S/C29H35N9O2S2/c1-6-22-26(34(5)27-32-25(23(11-30)41-27)20-9-7-17(2)8-10-20)38-28(31-22)42-29(33-38)36-12-18(3)37(19(4)13-36)16-24(40)35-14-21(39)15-35/h7-10,18-19,21,39H,6,12-16H2,1-5H3/t18-,19+. The molecule has 11 nitrogen and oxygen atoms in total. The van der Waals surface area contributed by atoms with Crippen LogP contribution < -0.4 is 9.80 Å². The SMILES string of the molecule is CCc1nc2sc(N3C[C@@H](C)N(CC(=O)N4CC(O)C4)[C@@H](C)C3)nn2c1N(C)c1nc(-c2ccc(C)cc2)c(C#N)s1. The van der Waals surface area contributed by atoms with Crippen molar-refractivity contribution in [3.63, 3.8) is 0 Å². The number of carbonyl (C=O) groups is 1. The first-order valence-corrected chi connectivity index (χ1v) is 15.9. The van der Waals surface area contributed by atoms with Crippen molar-refractivity contribution >= 4 is 49.6 Å². The number of rotatable bonds is 7. The van der Waals surface area contributed by atoms with Crippen molar-refractivity contribution in [2.45, 2.75) is 52.3 Å². The van der Waals surface area contributed by atoms with E-state index in [9.17, 15) is 15.2 Å². The van der Waals surface area contributed by atoms with Crippen LogP contribution in [0.5, 0.6) is 0 Å². The van der Waals surface area contributed by atoms with Crippen molar-refractivity contribution in [2.75, 3.05) is 49.6 Å². The molecule has 4 aromatic rings. The predicted molar refractivity (Wildman–Crippen MR) is 166 cm³/mol. The lowest BCUT2D eigenvalue weighted by atomic mass is 10.1. The van der Waals surface area contributed by atoms with Crippen molar-refractivity contribution in [3.05, 3.63) is 40.4 Å². The highest BCUT2D eigenvalue weighted by Crippen LogP contribution is 2.38. The van der Waals surface area contributed by atoms with E-state index in [1.807, 2.05) is 47.7 Å². The van der Waals surface area contributed by atoms with Gasteiger partial charge in [-0.05, 0) is 27.2 Å². The molecule has 2 aliphatic heterocycles. The number of β-amino-alcohol motifs (C(OH)–C–C–N with tert-alkyl or cyclic N) is 1. The zero-order valence-corrected chi connectivity index (χ0v) is 26.1. The molecule has 0 saturated carbocycles. The first kappa shape index (κ1) is 28.5. The van der Waals surface area contributed by atoms with Gasteiger partial charge in [0.05, 0.1) is 18.3 Å². The normalized spacial score (nSPS) is 19.7. The lowest BCUT2D eigenvalue weighted by Gasteiger charge is -2.45. The number of likely N-dealkylation sites (tertiary alicyclic amines) is 1. The number of aryl methyl sites for hydroxylation is 2. The number of nitrogens with zero attached hydrogens (tertiary/aromatic N) is 9. The van der Waals surface area contributed by atoms with E-state index >= 15 is 0 Å². The molecule has 0 radical (unpaired) electrons. The summed E-state index contributed by atoms with van der Waals surface area (Å²) in [5, 5.41) is 26.1. The van der Waals surface area contributed by atoms with Crippen LogP contribution in [0.4, 0.5) is 16.1 Å². The number of piperazine rings is 1. The Balaban J connectivity index is 1.25. The number of fused-ring (bicyclic) bond motifs is 1.